The Morgan fingerprint density at radius 2 is 0.857 bits per heavy atom. The molecule has 82 valence electrons. The van der Waals surface area contributed by atoms with Gasteiger partial charge in [-0.05, 0) is 25.7 Å². The van der Waals surface area contributed by atoms with Gasteiger partial charge in [0.2, 0.25) is 0 Å². The fraction of sp³-hybridized carbons (Fsp3) is 1.00. The Kier molecular flexibility index (Phi) is 4.30. The molecule has 2 rings (SSSR count). The lowest BCUT2D eigenvalue weighted by Crippen LogP contribution is -2.23. The Bertz CT molecular complexity index is 141. The van der Waals surface area contributed by atoms with Crippen molar-refractivity contribution in [2.24, 2.45) is 0 Å². The lowest BCUT2D eigenvalue weighted by molar-refractivity contribution is -0.0358. The largest absolute Gasteiger partial charge is 0.375 e. The molecule has 0 aromatic heterocycles. The summed E-state index contributed by atoms with van der Waals surface area (Å²) in [7, 11) is 0. The van der Waals surface area contributed by atoms with Crippen molar-refractivity contribution in [3.8, 4) is 0 Å². The second kappa shape index (κ2) is 5.75. The van der Waals surface area contributed by atoms with Crippen molar-refractivity contribution < 1.29 is 4.74 Å². The monoisotopic (exact) mass is 196 g/mol. The molecule has 1 heteroatoms. The highest BCUT2D eigenvalue weighted by Gasteiger charge is 2.19. The van der Waals surface area contributed by atoms with Crippen molar-refractivity contribution in [3.63, 3.8) is 0 Å². The van der Waals surface area contributed by atoms with Crippen molar-refractivity contribution >= 4 is 0 Å². The van der Waals surface area contributed by atoms with E-state index in [-0.39, 0.29) is 0 Å². The van der Waals surface area contributed by atoms with Gasteiger partial charge in [-0.15, -0.1) is 0 Å². The van der Waals surface area contributed by atoms with E-state index in [0.29, 0.717) is 12.2 Å². The highest BCUT2D eigenvalue weighted by Crippen LogP contribution is 2.26. The molecule has 0 unspecified atom stereocenters. The Labute approximate surface area is 88.2 Å². The molecule has 0 amide bonds. The molecule has 0 spiro atoms. The van der Waals surface area contributed by atoms with Gasteiger partial charge in [-0.25, -0.2) is 0 Å². The van der Waals surface area contributed by atoms with Crippen LogP contribution >= 0.6 is 0 Å². The van der Waals surface area contributed by atoms with Crippen LogP contribution in [-0.4, -0.2) is 12.2 Å². The van der Waals surface area contributed by atoms with Crippen molar-refractivity contribution in [3.05, 3.63) is 0 Å². The van der Waals surface area contributed by atoms with Gasteiger partial charge in [0.25, 0.3) is 0 Å². The SMILES string of the molecule is C1CCCC(OC2CCCCC2)CC1. The van der Waals surface area contributed by atoms with Crippen LogP contribution in [0.15, 0.2) is 0 Å². The van der Waals surface area contributed by atoms with Crippen LogP contribution in [0.25, 0.3) is 0 Å². The Balaban J connectivity index is 1.71. The first kappa shape index (κ1) is 10.5. The predicted molar refractivity (Wildman–Crippen MR) is 59.4 cm³/mol. The van der Waals surface area contributed by atoms with Gasteiger partial charge in [-0.3, -0.25) is 0 Å². The number of rotatable bonds is 2. The molecule has 2 aliphatic rings. The van der Waals surface area contributed by atoms with Crippen LogP contribution in [0.2, 0.25) is 0 Å². The van der Waals surface area contributed by atoms with E-state index in [2.05, 4.69) is 0 Å². The average molecular weight is 196 g/mol. The molecule has 0 aromatic carbocycles. The van der Waals surface area contributed by atoms with Gasteiger partial charge < -0.3 is 4.74 Å². The Hall–Kier alpha value is -0.0400. The average Bonchev–Trinajstić information content (AvgIpc) is 2.48. The summed E-state index contributed by atoms with van der Waals surface area (Å²) in [5.74, 6) is 0. The van der Waals surface area contributed by atoms with Crippen molar-refractivity contribution in [1.82, 2.24) is 0 Å². The second-order valence-corrected chi connectivity index (χ2v) is 5.01. The van der Waals surface area contributed by atoms with E-state index in [1.807, 2.05) is 0 Å². The molecule has 0 aliphatic heterocycles. The third-order valence-electron chi connectivity index (χ3n) is 3.74. The highest BCUT2D eigenvalue weighted by molar-refractivity contribution is 4.70. The first-order chi connectivity index (χ1) is 6.95. The summed E-state index contributed by atoms with van der Waals surface area (Å²) in [5, 5.41) is 0. The summed E-state index contributed by atoms with van der Waals surface area (Å²) in [5.41, 5.74) is 0. The van der Waals surface area contributed by atoms with Crippen LogP contribution in [0.3, 0.4) is 0 Å². The zero-order valence-electron chi connectivity index (χ0n) is 9.34. The van der Waals surface area contributed by atoms with Crippen molar-refractivity contribution in [1.29, 1.82) is 0 Å². The van der Waals surface area contributed by atoms with Gasteiger partial charge in [0, 0.05) is 0 Å². The van der Waals surface area contributed by atoms with E-state index in [4.69, 9.17) is 4.74 Å². The maximum absolute atomic E-state index is 6.21. The fourth-order valence-electron chi connectivity index (χ4n) is 2.85. The normalized spacial score (nSPS) is 27.4. The lowest BCUT2D eigenvalue weighted by Gasteiger charge is -2.27. The molecule has 0 atom stereocenters. The van der Waals surface area contributed by atoms with E-state index in [1.165, 1.54) is 70.6 Å². The van der Waals surface area contributed by atoms with Gasteiger partial charge in [-0.1, -0.05) is 44.9 Å². The van der Waals surface area contributed by atoms with E-state index >= 15 is 0 Å². The minimum Gasteiger partial charge on any atom is -0.375 e. The first-order valence-corrected chi connectivity index (χ1v) is 6.60. The molecule has 0 heterocycles. The molecule has 14 heavy (non-hydrogen) atoms. The van der Waals surface area contributed by atoms with Crippen molar-refractivity contribution in [2.75, 3.05) is 0 Å². The first-order valence-electron chi connectivity index (χ1n) is 6.60. The van der Waals surface area contributed by atoms with Crippen LogP contribution < -0.4 is 0 Å². The summed E-state index contributed by atoms with van der Waals surface area (Å²) in [6.45, 7) is 0. The summed E-state index contributed by atoms with van der Waals surface area (Å²) in [4.78, 5) is 0. The molecule has 0 N–H and O–H groups in total. The molecule has 2 fully saturated rings. The lowest BCUT2D eigenvalue weighted by atomic mass is 9.97. The predicted octanol–water partition coefficient (Wildman–Crippen LogP) is 4.06. The third kappa shape index (κ3) is 3.27. The third-order valence-corrected chi connectivity index (χ3v) is 3.74. The quantitative estimate of drug-likeness (QED) is 0.605. The summed E-state index contributed by atoms with van der Waals surface area (Å²) >= 11 is 0. The summed E-state index contributed by atoms with van der Waals surface area (Å²) in [6, 6.07) is 0. The smallest absolute Gasteiger partial charge is 0.0578 e. The highest BCUT2D eigenvalue weighted by atomic mass is 16.5. The van der Waals surface area contributed by atoms with Gasteiger partial charge in [0.1, 0.15) is 0 Å². The molecular weight excluding hydrogens is 172 g/mol. The summed E-state index contributed by atoms with van der Waals surface area (Å²) in [6.07, 6.45) is 16.5. The van der Waals surface area contributed by atoms with Gasteiger partial charge in [0.15, 0.2) is 0 Å². The molecule has 0 aromatic rings. The maximum atomic E-state index is 6.21. The molecule has 2 saturated carbocycles. The fourth-order valence-corrected chi connectivity index (χ4v) is 2.85. The molecule has 2 aliphatic carbocycles. The molecule has 0 saturated heterocycles. The van der Waals surface area contributed by atoms with Crippen molar-refractivity contribution in [2.45, 2.75) is 82.8 Å². The van der Waals surface area contributed by atoms with Crippen LogP contribution in [0.1, 0.15) is 70.6 Å². The van der Waals surface area contributed by atoms with Crippen LogP contribution in [0, 0.1) is 0 Å². The topological polar surface area (TPSA) is 9.23 Å². The standard InChI is InChI=1S/C13H24O/c1-2-5-9-12(8-4-1)14-13-10-6-3-7-11-13/h12-13H,1-11H2. The molecule has 1 nitrogen and oxygen atoms in total. The summed E-state index contributed by atoms with van der Waals surface area (Å²) < 4.78 is 6.21. The van der Waals surface area contributed by atoms with E-state index in [1.54, 1.807) is 0 Å². The number of hydrogen-bond donors (Lipinski definition) is 0. The van der Waals surface area contributed by atoms with E-state index in [9.17, 15) is 0 Å². The molecule has 0 bridgehead atoms. The molecular formula is C13H24O. The zero-order valence-corrected chi connectivity index (χ0v) is 9.34. The van der Waals surface area contributed by atoms with Crippen LogP contribution in [-0.2, 0) is 4.74 Å². The minimum atomic E-state index is 0.612. The van der Waals surface area contributed by atoms with E-state index in [0.717, 1.165) is 0 Å². The van der Waals surface area contributed by atoms with Crippen LogP contribution in [0.4, 0.5) is 0 Å². The number of hydrogen-bond acceptors (Lipinski definition) is 1. The van der Waals surface area contributed by atoms with Gasteiger partial charge >= 0.3 is 0 Å². The van der Waals surface area contributed by atoms with Gasteiger partial charge in [-0.2, -0.15) is 0 Å². The Morgan fingerprint density at radius 3 is 1.29 bits per heavy atom. The van der Waals surface area contributed by atoms with Crippen LogP contribution in [0.5, 0.6) is 0 Å². The second-order valence-electron chi connectivity index (χ2n) is 5.01. The zero-order chi connectivity index (χ0) is 9.64. The molecule has 0 radical (unpaired) electrons. The Morgan fingerprint density at radius 1 is 0.500 bits per heavy atom. The van der Waals surface area contributed by atoms with E-state index < -0.39 is 0 Å². The minimum absolute atomic E-state index is 0.612. The number of ether oxygens (including phenoxy) is 1. The maximum Gasteiger partial charge on any atom is 0.0578 e. The van der Waals surface area contributed by atoms with Gasteiger partial charge in [0.05, 0.1) is 12.2 Å².